The molecule has 0 spiro atoms. The lowest BCUT2D eigenvalue weighted by atomic mass is 10.1. The van der Waals surface area contributed by atoms with Gasteiger partial charge in [-0.05, 0) is 60.8 Å². The summed E-state index contributed by atoms with van der Waals surface area (Å²) in [5.41, 5.74) is 7.66. The first-order chi connectivity index (χ1) is 26.7. The van der Waals surface area contributed by atoms with E-state index in [2.05, 4.69) is 154 Å². The van der Waals surface area contributed by atoms with Gasteiger partial charge in [0, 0.05) is 72.5 Å². The van der Waals surface area contributed by atoms with Crippen LogP contribution < -0.4 is 86.2 Å². The standard InChI is InChI=1S/C50H66N4.4BrH/c1-3-5-7-9-11-13-15-17-19-33-51-35-25-47(26-36-51)49-29-39-53(40-30-49)43-45-21-23-46(24-22-45)44-54-41-31-50(32-42-54)48-27-37-52(38-28-48)34-20-18-16-14-12-10-8-6-4-2;;;;/h3-4,21-32,35-42H,1-2,5-20,33-34,43-44H2;4*1H/q+4;;;;/p-4. The van der Waals surface area contributed by atoms with Crippen LogP contribution in [0.15, 0.2) is 148 Å². The van der Waals surface area contributed by atoms with E-state index in [0.717, 1.165) is 39.0 Å². The molecular weight excluding hydrogens is 976 g/mol. The fraction of sp³-hybridized carbons (Fsp3) is 0.400. The molecule has 0 aliphatic rings. The highest BCUT2D eigenvalue weighted by atomic mass is 79.9. The van der Waals surface area contributed by atoms with Crippen LogP contribution in [0.25, 0.3) is 22.3 Å². The van der Waals surface area contributed by atoms with Gasteiger partial charge in [-0.3, -0.25) is 0 Å². The normalized spacial score (nSPS) is 10.3. The Bertz CT molecular complexity index is 1640. The van der Waals surface area contributed by atoms with Crippen LogP contribution >= 0.6 is 0 Å². The van der Waals surface area contributed by atoms with Gasteiger partial charge in [0.25, 0.3) is 0 Å². The highest BCUT2D eigenvalue weighted by Crippen LogP contribution is 2.18. The number of aryl methyl sites for hydroxylation is 2. The number of halogens is 4. The second-order valence-corrected chi connectivity index (χ2v) is 15.1. The first-order valence-electron chi connectivity index (χ1n) is 21.0. The summed E-state index contributed by atoms with van der Waals surface area (Å²) in [5, 5.41) is 0. The van der Waals surface area contributed by atoms with Gasteiger partial charge in [-0.2, -0.15) is 0 Å². The summed E-state index contributed by atoms with van der Waals surface area (Å²) >= 11 is 0. The predicted octanol–water partition coefficient (Wildman–Crippen LogP) is -1.10. The fourth-order valence-electron chi connectivity index (χ4n) is 7.21. The summed E-state index contributed by atoms with van der Waals surface area (Å²) in [4.78, 5) is 0. The Morgan fingerprint density at radius 2 is 0.552 bits per heavy atom. The lowest BCUT2D eigenvalue weighted by molar-refractivity contribution is -0.697. The number of aromatic nitrogens is 4. The summed E-state index contributed by atoms with van der Waals surface area (Å²) < 4.78 is 9.16. The lowest BCUT2D eigenvalue weighted by Gasteiger charge is -2.04. The minimum Gasteiger partial charge on any atom is -1.00 e. The van der Waals surface area contributed by atoms with Crippen molar-refractivity contribution in [1.82, 2.24) is 0 Å². The largest absolute Gasteiger partial charge is 1.00 e. The maximum atomic E-state index is 3.81. The van der Waals surface area contributed by atoms with Crippen molar-refractivity contribution in [1.29, 1.82) is 0 Å². The van der Waals surface area contributed by atoms with E-state index in [1.54, 1.807) is 0 Å². The molecule has 0 saturated carbocycles. The Labute approximate surface area is 393 Å². The molecule has 4 nitrogen and oxygen atoms in total. The highest BCUT2D eigenvalue weighted by molar-refractivity contribution is 5.61. The van der Waals surface area contributed by atoms with E-state index in [1.807, 2.05) is 12.2 Å². The van der Waals surface area contributed by atoms with Crippen LogP contribution in [0.2, 0.25) is 0 Å². The van der Waals surface area contributed by atoms with Gasteiger partial charge in [-0.15, -0.1) is 13.2 Å². The predicted molar refractivity (Wildman–Crippen MR) is 223 cm³/mol. The van der Waals surface area contributed by atoms with Gasteiger partial charge in [0.2, 0.25) is 0 Å². The third-order valence-corrected chi connectivity index (χ3v) is 10.6. The summed E-state index contributed by atoms with van der Waals surface area (Å²) in [6, 6.07) is 27.0. The molecule has 5 aromatic rings. The van der Waals surface area contributed by atoms with Crippen molar-refractivity contribution in [2.45, 2.75) is 129 Å². The Hall–Kier alpha value is -2.78. The molecule has 0 N–H and O–H groups in total. The Balaban J connectivity index is 0.00000420. The molecule has 5 rings (SSSR count). The van der Waals surface area contributed by atoms with Crippen LogP contribution in [0, 0.1) is 0 Å². The zero-order valence-electron chi connectivity index (χ0n) is 34.6. The SMILES string of the molecule is C=CCCCCCCCCC[n+]1ccc(-c2cc[n+](Cc3ccc(C[n+]4ccc(-c5cc[n+](CCCCCCCCCC=C)cc5)cc4)cc3)cc2)cc1.[Br-].[Br-].[Br-].[Br-]. The van der Waals surface area contributed by atoms with Crippen molar-refractivity contribution in [2.24, 2.45) is 0 Å². The van der Waals surface area contributed by atoms with Gasteiger partial charge in [-0.25, -0.2) is 18.3 Å². The molecule has 0 fully saturated rings. The zero-order valence-corrected chi connectivity index (χ0v) is 40.9. The number of hydrogen-bond donors (Lipinski definition) is 0. The van der Waals surface area contributed by atoms with E-state index in [9.17, 15) is 0 Å². The average molecular weight is 1040 g/mol. The van der Waals surface area contributed by atoms with Crippen LogP contribution in [0.5, 0.6) is 0 Å². The fourth-order valence-corrected chi connectivity index (χ4v) is 7.21. The van der Waals surface area contributed by atoms with Crippen LogP contribution in [-0.4, -0.2) is 0 Å². The molecule has 1 aromatic carbocycles. The molecule has 0 saturated heterocycles. The van der Waals surface area contributed by atoms with E-state index >= 15 is 0 Å². The molecule has 0 unspecified atom stereocenters. The Kier molecular flexibility index (Phi) is 29.4. The third-order valence-electron chi connectivity index (χ3n) is 10.6. The van der Waals surface area contributed by atoms with E-state index in [4.69, 9.17) is 0 Å². The van der Waals surface area contributed by atoms with Crippen molar-refractivity contribution >= 4 is 0 Å². The maximum absolute atomic E-state index is 3.81. The van der Waals surface area contributed by atoms with Crippen molar-refractivity contribution < 1.29 is 86.2 Å². The number of nitrogens with zero attached hydrogens (tertiary/aromatic N) is 4. The maximum Gasteiger partial charge on any atom is 0.173 e. The molecule has 314 valence electrons. The average Bonchev–Trinajstić information content (AvgIpc) is 3.21. The number of pyridine rings is 4. The summed E-state index contributed by atoms with van der Waals surface area (Å²) in [7, 11) is 0. The van der Waals surface area contributed by atoms with Crippen LogP contribution in [0.4, 0.5) is 0 Å². The molecule has 0 aliphatic heterocycles. The number of rotatable bonds is 26. The first kappa shape index (κ1) is 53.2. The molecule has 58 heavy (non-hydrogen) atoms. The zero-order chi connectivity index (χ0) is 37.5. The van der Waals surface area contributed by atoms with Gasteiger partial charge in [0.05, 0.1) is 0 Å². The van der Waals surface area contributed by atoms with Crippen molar-refractivity contribution in [2.75, 3.05) is 0 Å². The van der Waals surface area contributed by atoms with Gasteiger partial charge in [0.15, 0.2) is 62.7 Å². The van der Waals surface area contributed by atoms with Crippen LogP contribution in [-0.2, 0) is 26.2 Å². The molecule has 0 amide bonds. The first-order valence-corrected chi connectivity index (χ1v) is 21.0. The lowest BCUT2D eigenvalue weighted by Crippen LogP contribution is -3.00. The van der Waals surface area contributed by atoms with E-state index in [1.165, 1.54) is 123 Å². The molecular formula is C50H66Br4N4. The molecule has 0 aliphatic carbocycles. The van der Waals surface area contributed by atoms with Crippen LogP contribution in [0.1, 0.15) is 114 Å². The molecule has 0 bridgehead atoms. The van der Waals surface area contributed by atoms with Gasteiger partial charge in [-0.1, -0.05) is 87.8 Å². The number of unbranched alkanes of at least 4 members (excludes halogenated alkanes) is 14. The highest BCUT2D eigenvalue weighted by Gasteiger charge is 2.10. The third kappa shape index (κ3) is 20.0. The summed E-state index contributed by atoms with van der Waals surface area (Å²) in [5.74, 6) is 0. The Morgan fingerprint density at radius 3 is 0.828 bits per heavy atom. The van der Waals surface area contributed by atoms with Crippen molar-refractivity contribution in [3.05, 3.63) is 159 Å². The summed E-state index contributed by atoms with van der Waals surface area (Å²) in [6.07, 6.45) is 42.7. The van der Waals surface area contributed by atoms with Crippen molar-refractivity contribution in [3.8, 4) is 22.3 Å². The molecule has 0 radical (unpaired) electrons. The van der Waals surface area contributed by atoms with Gasteiger partial charge < -0.3 is 67.9 Å². The number of hydrogen-bond acceptors (Lipinski definition) is 0. The van der Waals surface area contributed by atoms with E-state index in [0.29, 0.717) is 0 Å². The molecule has 4 aromatic heterocycles. The second-order valence-electron chi connectivity index (χ2n) is 15.1. The quantitative estimate of drug-likeness (QED) is 0.0381. The Morgan fingerprint density at radius 1 is 0.310 bits per heavy atom. The second kappa shape index (κ2) is 32.1. The minimum atomic E-state index is 0. The monoisotopic (exact) mass is 1040 g/mol. The minimum absolute atomic E-state index is 0. The smallest absolute Gasteiger partial charge is 0.173 e. The molecule has 4 heterocycles. The molecule has 0 atom stereocenters. The van der Waals surface area contributed by atoms with Gasteiger partial charge in [0.1, 0.15) is 13.1 Å². The number of allylic oxidation sites excluding steroid dienone is 2. The topological polar surface area (TPSA) is 15.5 Å². The molecule has 8 heteroatoms. The number of benzene rings is 1. The van der Waals surface area contributed by atoms with Crippen LogP contribution in [0.3, 0.4) is 0 Å². The van der Waals surface area contributed by atoms with Crippen molar-refractivity contribution in [3.63, 3.8) is 0 Å². The van der Waals surface area contributed by atoms with E-state index in [-0.39, 0.29) is 67.9 Å². The van der Waals surface area contributed by atoms with Gasteiger partial charge >= 0.3 is 0 Å². The van der Waals surface area contributed by atoms with E-state index < -0.39 is 0 Å². The summed E-state index contributed by atoms with van der Waals surface area (Å²) in [6.45, 7) is 11.5.